The number of carbonyl (C=O) groups excluding carboxylic acids is 1. The maximum absolute atomic E-state index is 13.4. The number of halogens is 2. The van der Waals surface area contributed by atoms with Gasteiger partial charge >= 0.3 is 0 Å². The second kappa shape index (κ2) is 4.68. The van der Waals surface area contributed by atoms with Gasteiger partial charge in [-0.2, -0.15) is 5.10 Å². The van der Waals surface area contributed by atoms with Crippen LogP contribution in [-0.4, -0.2) is 15.6 Å². The van der Waals surface area contributed by atoms with Crippen molar-refractivity contribution in [2.24, 2.45) is 7.05 Å². The molecule has 0 spiro atoms. The average Bonchev–Trinajstić information content (AvgIpc) is 2.62. The van der Waals surface area contributed by atoms with Crippen LogP contribution >= 0.6 is 0 Å². The van der Waals surface area contributed by atoms with E-state index in [9.17, 15) is 13.6 Å². The topological polar surface area (TPSA) is 34.9 Å². The summed E-state index contributed by atoms with van der Waals surface area (Å²) in [6.45, 7) is 1.72. The van der Waals surface area contributed by atoms with Crippen molar-refractivity contribution in [2.75, 3.05) is 0 Å². The molecule has 0 saturated carbocycles. The van der Waals surface area contributed by atoms with Gasteiger partial charge in [-0.05, 0) is 18.6 Å². The van der Waals surface area contributed by atoms with Crippen LogP contribution in [0.25, 0.3) is 0 Å². The average molecular weight is 250 g/mol. The lowest BCUT2D eigenvalue weighted by Crippen LogP contribution is -2.06. The van der Waals surface area contributed by atoms with Gasteiger partial charge in [0.15, 0.2) is 5.78 Å². The Kier molecular flexibility index (Phi) is 3.23. The standard InChI is InChI=1S/C13H12F2N2O/c1-8-11(7-17(2)16-8)13(18)5-9-3-4-10(14)6-12(9)15/h3-4,6-7H,5H2,1-2H3. The van der Waals surface area contributed by atoms with Gasteiger partial charge in [-0.15, -0.1) is 0 Å². The summed E-state index contributed by atoms with van der Waals surface area (Å²) in [7, 11) is 1.71. The predicted octanol–water partition coefficient (Wildman–Crippen LogP) is 2.43. The van der Waals surface area contributed by atoms with Gasteiger partial charge in [-0.1, -0.05) is 6.07 Å². The highest BCUT2D eigenvalue weighted by Gasteiger charge is 2.15. The third-order valence-electron chi connectivity index (χ3n) is 2.68. The van der Waals surface area contributed by atoms with Gasteiger partial charge in [-0.25, -0.2) is 8.78 Å². The van der Waals surface area contributed by atoms with E-state index >= 15 is 0 Å². The number of hydrogen-bond acceptors (Lipinski definition) is 2. The number of nitrogens with zero attached hydrogens (tertiary/aromatic N) is 2. The van der Waals surface area contributed by atoms with Crippen LogP contribution in [0.2, 0.25) is 0 Å². The Bertz CT molecular complexity index is 605. The largest absolute Gasteiger partial charge is 0.294 e. The SMILES string of the molecule is Cc1nn(C)cc1C(=O)Cc1ccc(F)cc1F. The third-order valence-corrected chi connectivity index (χ3v) is 2.68. The number of aryl methyl sites for hydroxylation is 2. The lowest BCUT2D eigenvalue weighted by Gasteiger charge is -2.02. The molecule has 0 amide bonds. The number of carbonyl (C=O) groups is 1. The summed E-state index contributed by atoms with van der Waals surface area (Å²) in [4.78, 5) is 12.0. The van der Waals surface area contributed by atoms with E-state index in [1.165, 1.54) is 10.7 Å². The van der Waals surface area contributed by atoms with Gasteiger partial charge in [0.2, 0.25) is 0 Å². The third kappa shape index (κ3) is 2.45. The Balaban J connectivity index is 2.24. The predicted molar refractivity (Wildman–Crippen MR) is 62.3 cm³/mol. The van der Waals surface area contributed by atoms with E-state index < -0.39 is 11.6 Å². The Morgan fingerprint density at radius 2 is 2.11 bits per heavy atom. The summed E-state index contributed by atoms with van der Waals surface area (Å²) >= 11 is 0. The highest BCUT2D eigenvalue weighted by Crippen LogP contribution is 2.14. The zero-order valence-corrected chi connectivity index (χ0v) is 10.1. The van der Waals surface area contributed by atoms with E-state index in [0.29, 0.717) is 11.3 Å². The Morgan fingerprint density at radius 3 is 2.67 bits per heavy atom. The van der Waals surface area contributed by atoms with Gasteiger partial charge in [0.25, 0.3) is 0 Å². The molecule has 0 aliphatic carbocycles. The first-order valence-electron chi connectivity index (χ1n) is 5.44. The Labute approximate surface area is 103 Å². The van der Waals surface area contributed by atoms with Crippen LogP contribution in [0.3, 0.4) is 0 Å². The molecule has 0 atom stereocenters. The van der Waals surface area contributed by atoms with Crippen molar-refractivity contribution in [2.45, 2.75) is 13.3 Å². The first-order chi connectivity index (χ1) is 8.47. The minimum atomic E-state index is -0.704. The molecule has 1 heterocycles. The fraction of sp³-hybridized carbons (Fsp3) is 0.231. The maximum atomic E-state index is 13.4. The highest BCUT2D eigenvalue weighted by atomic mass is 19.1. The van der Waals surface area contributed by atoms with E-state index in [4.69, 9.17) is 0 Å². The molecule has 3 nitrogen and oxygen atoms in total. The molecule has 0 fully saturated rings. The fourth-order valence-corrected chi connectivity index (χ4v) is 1.81. The monoisotopic (exact) mass is 250 g/mol. The molecule has 0 bridgehead atoms. The molecule has 2 rings (SSSR count). The Morgan fingerprint density at radius 1 is 1.39 bits per heavy atom. The van der Waals surface area contributed by atoms with Gasteiger partial charge in [0, 0.05) is 25.7 Å². The second-order valence-corrected chi connectivity index (χ2v) is 4.14. The molecule has 5 heteroatoms. The number of benzene rings is 1. The summed E-state index contributed by atoms with van der Waals surface area (Å²) in [5.74, 6) is -1.59. The first kappa shape index (κ1) is 12.4. The molecule has 1 aromatic heterocycles. The summed E-state index contributed by atoms with van der Waals surface area (Å²) in [6.07, 6.45) is 1.50. The molecule has 0 unspecified atom stereocenters. The summed E-state index contributed by atoms with van der Waals surface area (Å²) in [5, 5.41) is 4.05. The second-order valence-electron chi connectivity index (χ2n) is 4.14. The number of Topliss-reactive ketones (excluding diaryl/α,β-unsaturated/α-hetero) is 1. The number of rotatable bonds is 3. The first-order valence-corrected chi connectivity index (χ1v) is 5.44. The molecule has 0 radical (unpaired) electrons. The number of ketones is 1. The van der Waals surface area contributed by atoms with Crippen molar-refractivity contribution >= 4 is 5.78 Å². The van der Waals surface area contributed by atoms with E-state index in [1.807, 2.05) is 0 Å². The normalized spacial score (nSPS) is 10.7. The summed E-state index contributed by atoms with van der Waals surface area (Å²) < 4.78 is 27.7. The summed E-state index contributed by atoms with van der Waals surface area (Å²) in [6, 6.07) is 3.20. The van der Waals surface area contributed by atoms with Crippen LogP contribution < -0.4 is 0 Å². The fourth-order valence-electron chi connectivity index (χ4n) is 1.81. The van der Waals surface area contributed by atoms with Gasteiger partial charge in [-0.3, -0.25) is 9.48 Å². The van der Waals surface area contributed by atoms with Crippen molar-refractivity contribution in [1.29, 1.82) is 0 Å². The van der Waals surface area contributed by atoms with Crippen molar-refractivity contribution < 1.29 is 13.6 Å². The van der Waals surface area contributed by atoms with Crippen LogP contribution in [0, 0.1) is 18.6 Å². The maximum Gasteiger partial charge on any atom is 0.170 e. The van der Waals surface area contributed by atoms with Gasteiger partial charge in [0.1, 0.15) is 11.6 Å². The highest BCUT2D eigenvalue weighted by molar-refractivity contribution is 5.98. The molecule has 94 valence electrons. The molecular formula is C13H12F2N2O. The minimum Gasteiger partial charge on any atom is -0.294 e. The minimum absolute atomic E-state index is 0.0986. The van der Waals surface area contributed by atoms with Crippen molar-refractivity contribution in [3.63, 3.8) is 0 Å². The quantitative estimate of drug-likeness (QED) is 0.784. The van der Waals surface area contributed by atoms with Gasteiger partial charge < -0.3 is 0 Å². The molecule has 0 N–H and O–H groups in total. The molecule has 18 heavy (non-hydrogen) atoms. The zero-order chi connectivity index (χ0) is 13.3. The number of hydrogen-bond donors (Lipinski definition) is 0. The summed E-state index contributed by atoms with van der Waals surface area (Å²) in [5.41, 5.74) is 1.25. The van der Waals surface area contributed by atoms with Crippen molar-refractivity contribution in [1.82, 2.24) is 9.78 Å². The number of aromatic nitrogens is 2. The molecular weight excluding hydrogens is 238 g/mol. The molecule has 1 aromatic carbocycles. The van der Waals surface area contributed by atoms with E-state index in [-0.39, 0.29) is 17.8 Å². The van der Waals surface area contributed by atoms with Crippen LogP contribution in [0.15, 0.2) is 24.4 Å². The molecule has 0 aliphatic heterocycles. The molecule has 0 saturated heterocycles. The lowest BCUT2D eigenvalue weighted by molar-refractivity contribution is 0.0991. The van der Waals surface area contributed by atoms with Crippen LogP contribution in [0.4, 0.5) is 8.78 Å². The van der Waals surface area contributed by atoms with E-state index in [0.717, 1.165) is 12.1 Å². The van der Waals surface area contributed by atoms with Crippen molar-refractivity contribution in [3.8, 4) is 0 Å². The van der Waals surface area contributed by atoms with Crippen LogP contribution in [0.1, 0.15) is 21.6 Å². The lowest BCUT2D eigenvalue weighted by atomic mass is 10.0. The van der Waals surface area contributed by atoms with Crippen LogP contribution in [0.5, 0.6) is 0 Å². The molecule has 2 aromatic rings. The van der Waals surface area contributed by atoms with Crippen LogP contribution in [-0.2, 0) is 13.5 Å². The van der Waals surface area contributed by atoms with E-state index in [2.05, 4.69) is 5.10 Å². The van der Waals surface area contributed by atoms with Gasteiger partial charge in [0.05, 0.1) is 11.3 Å². The smallest absolute Gasteiger partial charge is 0.170 e. The van der Waals surface area contributed by atoms with E-state index in [1.54, 1.807) is 20.2 Å². The molecule has 0 aliphatic rings. The van der Waals surface area contributed by atoms with Crippen molar-refractivity contribution in [3.05, 3.63) is 52.9 Å². The zero-order valence-electron chi connectivity index (χ0n) is 10.1. The Hall–Kier alpha value is -2.04.